The van der Waals surface area contributed by atoms with Gasteiger partial charge in [-0.05, 0) is 23.8 Å². The topological polar surface area (TPSA) is 50.1 Å². The number of nitrogens with zero attached hydrogens (tertiary/aromatic N) is 1. The number of carbonyl (C=O) groups is 1. The standard InChI is InChI=1S/C17H13NO2/c18-13-16(12-11-14-7-3-1-4-8-14)20-17(19)15-9-5-2-6-10-15/h1-12,16H. The molecule has 0 fully saturated rings. The number of esters is 1. The predicted octanol–water partition coefficient (Wildman–Crippen LogP) is 3.45. The van der Waals surface area contributed by atoms with Crippen LogP contribution in [0.3, 0.4) is 0 Å². The summed E-state index contributed by atoms with van der Waals surface area (Å²) in [6, 6.07) is 20.1. The fraction of sp³-hybridized carbons (Fsp3) is 0.0588. The number of hydrogen-bond donors (Lipinski definition) is 0. The highest BCUT2D eigenvalue weighted by Crippen LogP contribution is 2.07. The largest absolute Gasteiger partial charge is 0.439 e. The highest BCUT2D eigenvalue weighted by molar-refractivity contribution is 5.89. The molecule has 0 saturated heterocycles. The first kappa shape index (κ1) is 13.6. The number of hydrogen-bond acceptors (Lipinski definition) is 3. The molecule has 0 spiro atoms. The molecule has 2 aromatic carbocycles. The number of ether oxygens (including phenoxy) is 1. The highest BCUT2D eigenvalue weighted by atomic mass is 16.5. The molecule has 98 valence electrons. The van der Waals surface area contributed by atoms with Crippen LogP contribution in [0.1, 0.15) is 15.9 Å². The Hall–Kier alpha value is -2.86. The first-order valence-electron chi connectivity index (χ1n) is 6.18. The average molecular weight is 263 g/mol. The molecule has 0 heterocycles. The summed E-state index contributed by atoms with van der Waals surface area (Å²) in [7, 11) is 0. The Bertz CT molecular complexity index is 627. The minimum atomic E-state index is -0.900. The van der Waals surface area contributed by atoms with E-state index in [9.17, 15) is 4.79 Å². The lowest BCUT2D eigenvalue weighted by Crippen LogP contribution is -2.14. The molecule has 0 amide bonds. The molecule has 1 unspecified atom stereocenters. The van der Waals surface area contributed by atoms with E-state index in [4.69, 9.17) is 10.00 Å². The molecule has 0 radical (unpaired) electrons. The minimum Gasteiger partial charge on any atom is -0.439 e. The van der Waals surface area contributed by atoms with Gasteiger partial charge in [-0.15, -0.1) is 0 Å². The third kappa shape index (κ3) is 3.82. The molecule has 2 aromatic rings. The molecule has 0 aliphatic carbocycles. The number of nitriles is 1. The van der Waals surface area contributed by atoms with Gasteiger partial charge in [0.15, 0.2) is 0 Å². The van der Waals surface area contributed by atoms with Crippen LogP contribution in [0.5, 0.6) is 0 Å². The van der Waals surface area contributed by atoms with Gasteiger partial charge in [-0.25, -0.2) is 4.79 Å². The van der Waals surface area contributed by atoms with E-state index in [1.165, 1.54) is 0 Å². The Labute approximate surface area is 117 Å². The summed E-state index contributed by atoms with van der Waals surface area (Å²) in [6.07, 6.45) is 2.42. The molecule has 3 heteroatoms. The van der Waals surface area contributed by atoms with Crippen molar-refractivity contribution in [3.63, 3.8) is 0 Å². The molecule has 0 bridgehead atoms. The van der Waals surface area contributed by atoms with Crippen LogP contribution in [0.15, 0.2) is 66.7 Å². The Kier molecular flexibility index (Phi) is 4.69. The van der Waals surface area contributed by atoms with Crippen LogP contribution in [-0.4, -0.2) is 12.1 Å². The molecule has 0 aliphatic heterocycles. The summed E-state index contributed by atoms with van der Waals surface area (Å²) in [4.78, 5) is 11.8. The zero-order valence-electron chi connectivity index (χ0n) is 10.8. The van der Waals surface area contributed by atoms with Gasteiger partial charge >= 0.3 is 5.97 Å². The van der Waals surface area contributed by atoms with Gasteiger partial charge in [0, 0.05) is 0 Å². The van der Waals surface area contributed by atoms with Crippen molar-refractivity contribution in [2.75, 3.05) is 0 Å². The van der Waals surface area contributed by atoms with Gasteiger partial charge in [0.1, 0.15) is 6.07 Å². The molecule has 0 N–H and O–H groups in total. The van der Waals surface area contributed by atoms with Crippen LogP contribution in [0, 0.1) is 11.3 Å². The Morgan fingerprint density at radius 3 is 2.25 bits per heavy atom. The number of carbonyl (C=O) groups excluding carboxylic acids is 1. The normalized spacial score (nSPS) is 11.8. The third-order valence-corrected chi connectivity index (χ3v) is 2.63. The quantitative estimate of drug-likeness (QED) is 0.794. The maximum Gasteiger partial charge on any atom is 0.339 e. The van der Waals surface area contributed by atoms with E-state index < -0.39 is 12.1 Å². The summed E-state index contributed by atoms with van der Waals surface area (Å²) >= 11 is 0. The summed E-state index contributed by atoms with van der Waals surface area (Å²) in [6.45, 7) is 0. The van der Waals surface area contributed by atoms with Crippen molar-refractivity contribution in [1.82, 2.24) is 0 Å². The third-order valence-electron chi connectivity index (χ3n) is 2.63. The summed E-state index contributed by atoms with van der Waals surface area (Å²) in [5.41, 5.74) is 1.38. The smallest absolute Gasteiger partial charge is 0.339 e. The zero-order chi connectivity index (χ0) is 14.2. The fourth-order valence-corrected chi connectivity index (χ4v) is 1.63. The first-order chi connectivity index (χ1) is 9.79. The molecule has 0 saturated carbocycles. The molecule has 3 nitrogen and oxygen atoms in total. The molecule has 2 rings (SSSR count). The van der Waals surface area contributed by atoms with Crippen LogP contribution in [0.2, 0.25) is 0 Å². The number of rotatable bonds is 4. The molecule has 1 atom stereocenters. The van der Waals surface area contributed by atoms with E-state index in [-0.39, 0.29) is 0 Å². The Morgan fingerprint density at radius 1 is 1.05 bits per heavy atom. The fourth-order valence-electron chi connectivity index (χ4n) is 1.63. The summed E-state index contributed by atoms with van der Waals surface area (Å²) in [5.74, 6) is -0.505. The van der Waals surface area contributed by atoms with Crippen molar-refractivity contribution in [3.05, 3.63) is 77.9 Å². The van der Waals surface area contributed by atoms with Crippen LogP contribution in [0.25, 0.3) is 6.08 Å². The van der Waals surface area contributed by atoms with Crippen molar-refractivity contribution in [3.8, 4) is 6.07 Å². The van der Waals surface area contributed by atoms with E-state index in [0.717, 1.165) is 5.56 Å². The predicted molar refractivity (Wildman–Crippen MR) is 76.7 cm³/mol. The van der Waals surface area contributed by atoms with Gasteiger partial charge in [0.25, 0.3) is 0 Å². The van der Waals surface area contributed by atoms with E-state index >= 15 is 0 Å². The lowest BCUT2D eigenvalue weighted by atomic mass is 10.2. The van der Waals surface area contributed by atoms with Crippen molar-refractivity contribution in [2.45, 2.75) is 6.10 Å². The van der Waals surface area contributed by atoms with Crippen LogP contribution >= 0.6 is 0 Å². The first-order valence-corrected chi connectivity index (χ1v) is 6.18. The van der Waals surface area contributed by atoms with Crippen molar-refractivity contribution in [1.29, 1.82) is 5.26 Å². The maximum absolute atomic E-state index is 11.8. The lowest BCUT2D eigenvalue weighted by Gasteiger charge is -2.06. The zero-order valence-corrected chi connectivity index (χ0v) is 10.8. The molecular weight excluding hydrogens is 250 g/mol. The van der Waals surface area contributed by atoms with Crippen molar-refractivity contribution < 1.29 is 9.53 Å². The van der Waals surface area contributed by atoms with Gasteiger partial charge in [-0.1, -0.05) is 54.6 Å². The van der Waals surface area contributed by atoms with E-state index in [1.807, 2.05) is 42.5 Å². The van der Waals surface area contributed by atoms with Gasteiger partial charge in [0.2, 0.25) is 6.10 Å². The van der Waals surface area contributed by atoms with Crippen molar-refractivity contribution >= 4 is 12.0 Å². The second-order valence-electron chi connectivity index (χ2n) is 4.09. The SMILES string of the molecule is N#CC(C=Cc1ccccc1)OC(=O)c1ccccc1. The van der Waals surface area contributed by atoms with Gasteiger partial charge in [-0.2, -0.15) is 5.26 Å². The number of benzene rings is 2. The molecule has 20 heavy (non-hydrogen) atoms. The molecule has 0 aromatic heterocycles. The molecule has 0 aliphatic rings. The van der Waals surface area contributed by atoms with E-state index in [1.54, 1.807) is 36.4 Å². The highest BCUT2D eigenvalue weighted by Gasteiger charge is 2.12. The lowest BCUT2D eigenvalue weighted by molar-refractivity contribution is 0.0473. The minimum absolute atomic E-state index is 0.431. The summed E-state index contributed by atoms with van der Waals surface area (Å²) < 4.78 is 5.12. The maximum atomic E-state index is 11.8. The van der Waals surface area contributed by atoms with Crippen LogP contribution in [0.4, 0.5) is 0 Å². The second-order valence-corrected chi connectivity index (χ2v) is 4.09. The van der Waals surface area contributed by atoms with Crippen LogP contribution in [-0.2, 0) is 4.74 Å². The molecular formula is C17H13NO2. The Morgan fingerprint density at radius 2 is 1.65 bits per heavy atom. The summed E-state index contributed by atoms with van der Waals surface area (Å²) in [5, 5.41) is 9.02. The van der Waals surface area contributed by atoms with Crippen LogP contribution < -0.4 is 0 Å². The van der Waals surface area contributed by atoms with E-state index in [2.05, 4.69) is 0 Å². The van der Waals surface area contributed by atoms with E-state index in [0.29, 0.717) is 5.56 Å². The van der Waals surface area contributed by atoms with Crippen molar-refractivity contribution in [2.24, 2.45) is 0 Å². The van der Waals surface area contributed by atoms with Gasteiger partial charge < -0.3 is 4.74 Å². The Balaban J connectivity index is 2.02. The van der Waals surface area contributed by atoms with Gasteiger partial charge in [0.05, 0.1) is 5.56 Å². The van der Waals surface area contributed by atoms with Gasteiger partial charge in [-0.3, -0.25) is 0 Å². The second kappa shape index (κ2) is 6.91. The monoisotopic (exact) mass is 263 g/mol. The average Bonchev–Trinajstić information content (AvgIpc) is 2.53.